The largest absolute Gasteiger partial charge is 0.349 e. The highest BCUT2D eigenvalue weighted by Crippen LogP contribution is 2.09. The Labute approximate surface area is 101 Å². The van der Waals surface area contributed by atoms with Crippen LogP contribution in [0.15, 0.2) is 18.2 Å². The van der Waals surface area contributed by atoms with Gasteiger partial charge in [-0.15, -0.1) is 0 Å². The number of nitrogens with one attached hydrogen (secondary N) is 1. The molecule has 0 bridgehead atoms. The zero-order chi connectivity index (χ0) is 13.0. The quantitative estimate of drug-likeness (QED) is 0.841. The van der Waals surface area contributed by atoms with Crippen molar-refractivity contribution in [1.29, 1.82) is 0 Å². The van der Waals surface area contributed by atoms with Crippen molar-refractivity contribution in [3.05, 3.63) is 35.1 Å². The Bertz CT molecular complexity index is 386. The van der Waals surface area contributed by atoms with Gasteiger partial charge in [0.15, 0.2) is 0 Å². The van der Waals surface area contributed by atoms with Crippen LogP contribution in [0.3, 0.4) is 0 Å². The molecule has 2 atom stereocenters. The fraction of sp³-hybridized carbons (Fsp3) is 0.462. The van der Waals surface area contributed by atoms with Gasteiger partial charge in [0.05, 0.1) is 0 Å². The number of carbonyl (C=O) groups is 1. The predicted octanol–water partition coefficient (Wildman–Crippen LogP) is 1.85. The minimum Gasteiger partial charge on any atom is -0.349 e. The van der Waals surface area contributed by atoms with Gasteiger partial charge in [-0.2, -0.15) is 0 Å². The van der Waals surface area contributed by atoms with E-state index in [1.54, 1.807) is 13.0 Å². The second-order valence-electron chi connectivity index (χ2n) is 4.49. The molecule has 1 amide bonds. The van der Waals surface area contributed by atoms with Crippen molar-refractivity contribution in [3.8, 4) is 0 Å². The van der Waals surface area contributed by atoms with Gasteiger partial charge in [-0.25, -0.2) is 4.39 Å². The van der Waals surface area contributed by atoms with Crippen LogP contribution in [0.1, 0.15) is 29.8 Å². The van der Waals surface area contributed by atoms with Gasteiger partial charge >= 0.3 is 0 Å². The van der Waals surface area contributed by atoms with Gasteiger partial charge in [-0.1, -0.05) is 6.92 Å². The average molecular weight is 238 g/mol. The molecule has 2 unspecified atom stereocenters. The molecule has 3 N–H and O–H groups in total. The number of carbonyl (C=O) groups excluding carboxylic acids is 1. The third-order valence-corrected chi connectivity index (χ3v) is 2.89. The van der Waals surface area contributed by atoms with Crippen molar-refractivity contribution in [3.63, 3.8) is 0 Å². The summed E-state index contributed by atoms with van der Waals surface area (Å²) < 4.78 is 13.2. The maximum atomic E-state index is 13.2. The number of nitrogens with two attached hydrogens (primary N) is 1. The van der Waals surface area contributed by atoms with Crippen molar-refractivity contribution in [2.24, 2.45) is 11.7 Å². The molecule has 1 rings (SSSR count). The maximum Gasteiger partial charge on any atom is 0.251 e. The molecule has 0 heterocycles. The van der Waals surface area contributed by atoms with E-state index in [4.69, 9.17) is 5.73 Å². The molecule has 1 aromatic carbocycles. The SMILES string of the molecule is Cc1cc(F)cc(C(=O)NC(C)C(C)CN)c1. The van der Waals surface area contributed by atoms with E-state index in [-0.39, 0.29) is 17.9 Å². The fourth-order valence-corrected chi connectivity index (χ4v) is 1.50. The summed E-state index contributed by atoms with van der Waals surface area (Å²) in [5, 5.41) is 2.82. The summed E-state index contributed by atoms with van der Waals surface area (Å²) in [6.45, 7) is 6.11. The van der Waals surface area contributed by atoms with Crippen molar-refractivity contribution >= 4 is 5.91 Å². The van der Waals surface area contributed by atoms with E-state index in [1.807, 2.05) is 13.8 Å². The monoisotopic (exact) mass is 238 g/mol. The lowest BCUT2D eigenvalue weighted by Gasteiger charge is -2.19. The van der Waals surface area contributed by atoms with E-state index in [0.29, 0.717) is 12.1 Å². The number of amides is 1. The van der Waals surface area contributed by atoms with E-state index in [0.717, 1.165) is 5.56 Å². The zero-order valence-corrected chi connectivity index (χ0v) is 10.5. The first-order valence-electron chi connectivity index (χ1n) is 5.72. The fourth-order valence-electron chi connectivity index (χ4n) is 1.50. The molecule has 17 heavy (non-hydrogen) atoms. The number of aryl methyl sites for hydroxylation is 1. The second kappa shape index (κ2) is 5.77. The first-order valence-corrected chi connectivity index (χ1v) is 5.72. The molecular weight excluding hydrogens is 219 g/mol. The summed E-state index contributed by atoms with van der Waals surface area (Å²) in [5.41, 5.74) is 6.60. The number of benzene rings is 1. The molecule has 0 spiro atoms. The van der Waals surface area contributed by atoms with Crippen LogP contribution >= 0.6 is 0 Å². The topological polar surface area (TPSA) is 55.1 Å². The Morgan fingerprint density at radius 3 is 2.59 bits per heavy atom. The van der Waals surface area contributed by atoms with Gasteiger partial charge in [0.25, 0.3) is 5.91 Å². The molecule has 4 heteroatoms. The molecule has 1 aromatic rings. The van der Waals surface area contributed by atoms with Crippen LogP contribution in [0.4, 0.5) is 4.39 Å². The number of hydrogen-bond acceptors (Lipinski definition) is 2. The summed E-state index contributed by atoms with van der Waals surface area (Å²) in [6.07, 6.45) is 0. The zero-order valence-electron chi connectivity index (χ0n) is 10.5. The second-order valence-corrected chi connectivity index (χ2v) is 4.49. The van der Waals surface area contributed by atoms with Gasteiger partial charge < -0.3 is 11.1 Å². The van der Waals surface area contributed by atoms with Gasteiger partial charge in [-0.3, -0.25) is 4.79 Å². The molecule has 0 aromatic heterocycles. The molecule has 0 aliphatic carbocycles. The summed E-state index contributed by atoms with van der Waals surface area (Å²) >= 11 is 0. The van der Waals surface area contributed by atoms with Crippen LogP contribution in [0.25, 0.3) is 0 Å². The lowest BCUT2D eigenvalue weighted by molar-refractivity contribution is 0.0929. The Morgan fingerprint density at radius 1 is 1.41 bits per heavy atom. The predicted molar refractivity (Wildman–Crippen MR) is 66.3 cm³/mol. The Morgan fingerprint density at radius 2 is 2.06 bits per heavy atom. The summed E-state index contributed by atoms with van der Waals surface area (Å²) in [4.78, 5) is 11.9. The third kappa shape index (κ3) is 3.82. The summed E-state index contributed by atoms with van der Waals surface area (Å²) in [6, 6.07) is 4.26. The Kier molecular flexibility index (Phi) is 4.63. The van der Waals surface area contributed by atoms with E-state index >= 15 is 0 Å². The van der Waals surface area contributed by atoms with E-state index in [2.05, 4.69) is 5.32 Å². The minimum absolute atomic E-state index is 0.0314. The van der Waals surface area contributed by atoms with E-state index < -0.39 is 5.82 Å². The lowest BCUT2D eigenvalue weighted by atomic mass is 10.0. The molecular formula is C13H19FN2O. The number of halogens is 1. The van der Waals surface area contributed by atoms with E-state index in [1.165, 1.54) is 12.1 Å². The van der Waals surface area contributed by atoms with Crippen molar-refractivity contribution in [1.82, 2.24) is 5.32 Å². The number of hydrogen-bond donors (Lipinski definition) is 2. The molecule has 0 saturated heterocycles. The van der Waals surface area contributed by atoms with Crippen LogP contribution in [0.2, 0.25) is 0 Å². The van der Waals surface area contributed by atoms with Gasteiger partial charge in [0, 0.05) is 11.6 Å². The molecule has 0 fully saturated rings. The van der Waals surface area contributed by atoms with Crippen molar-refractivity contribution in [2.45, 2.75) is 26.8 Å². The summed E-state index contributed by atoms with van der Waals surface area (Å²) in [7, 11) is 0. The average Bonchev–Trinajstić information content (AvgIpc) is 2.26. The minimum atomic E-state index is -0.394. The molecule has 0 saturated carbocycles. The molecule has 3 nitrogen and oxygen atoms in total. The molecule has 0 aliphatic heterocycles. The third-order valence-electron chi connectivity index (χ3n) is 2.89. The van der Waals surface area contributed by atoms with Crippen LogP contribution in [-0.2, 0) is 0 Å². The van der Waals surface area contributed by atoms with Crippen LogP contribution < -0.4 is 11.1 Å². The molecule has 0 aliphatic rings. The standard InChI is InChI=1S/C13H19FN2O/c1-8-4-11(6-12(14)5-8)13(17)16-10(3)9(2)7-15/h4-6,9-10H,7,15H2,1-3H3,(H,16,17). The normalized spacial score (nSPS) is 14.2. The summed E-state index contributed by atoms with van der Waals surface area (Å²) in [5.74, 6) is -0.469. The highest BCUT2D eigenvalue weighted by atomic mass is 19.1. The van der Waals surface area contributed by atoms with Gasteiger partial charge in [0.2, 0.25) is 0 Å². The molecule has 0 radical (unpaired) electrons. The first kappa shape index (κ1) is 13.6. The van der Waals surface area contributed by atoms with Crippen LogP contribution in [0.5, 0.6) is 0 Å². The maximum absolute atomic E-state index is 13.2. The first-order chi connectivity index (χ1) is 7.93. The highest BCUT2D eigenvalue weighted by Gasteiger charge is 2.15. The van der Waals surface area contributed by atoms with E-state index in [9.17, 15) is 9.18 Å². The van der Waals surface area contributed by atoms with Crippen LogP contribution in [-0.4, -0.2) is 18.5 Å². The van der Waals surface area contributed by atoms with Crippen molar-refractivity contribution < 1.29 is 9.18 Å². The lowest BCUT2D eigenvalue weighted by Crippen LogP contribution is -2.39. The highest BCUT2D eigenvalue weighted by molar-refractivity contribution is 5.94. The Balaban J connectivity index is 2.76. The number of rotatable bonds is 4. The smallest absolute Gasteiger partial charge is 0.251 e. The van der Waals surface area contributed by atoms with Gasteiger partial charge in [-0.05, 0) is 50.1 Å². The van der Waals surface area contributed by atoms with Crippen molar-refractivity contribution in [2.75, 3.05) is 6.54 Å². The Hall–Kier alpha value is -1.42. The molecule has 94 valence electrons. The van der Waals surface area contributed by atoms with Gasteiger partial charge in [0.1, 0.15) is 5.82 Å². The van der Waals surface area contributed by atoms with Crippen LogP contribution in [0, 0.1) is 18.7 Å².